The van der Waals surface area contributed by atoms with Crippen LogP contribution < -0.4 is 9.47 Å². The third kappa shape index (κ3) is 5.63. The molecule has 0 amide bonds. The van der Waals surface area contributed by atoms with E-state index >= 15 is 0 Å². The lowest BCUT2D eigenvalue weighted by atomic mass is 10.2. The molecule has 0 aliphatic heterocycles. The van der Waals surface area contributed by atoms with E-state index in [0.717, 1.165) is 0 Å². The Kier molecular flexibility index (Phi) is 6.69. The molecule has 1 rings (SSSR count). The first-order valence-electron chi connectivity index (χ1n) is 7.06. The Bertz CT molecular complexity index is 509. The number of hydrogen-bond donors (Lipinski definition) is 0. The van der Waals surface area contributed by atoms with E-state index in [0.29, 0.717) is 5.75 Å². The summed E-state index contributed by atoms with van der Waals surface area (Å²) in [7, 11) is 1.51. The average molecular weight is 310 g/mol. The van der Waals surface area contributed by atoms with Gasteiger partial charge < -0.3 is 18.9 Å². The molecule has 1 atom stereocenters. The first-order valence-corrected chi connectivity index (χ1v) is 7.06. The molecule has 0 saturated heterocycles. The zero-order valence-electron chi connectivity index (χ0n) is 13.5. The SMILES string of the molecule is COc1cccc(OC(=O)O[C@H](OC(=O)C(C)C)C(C)C)c1. The smallest absolute Gasteiger partial charge is 0.497 e. The molecule has 0 radical (unpaired) electrons. The minimum atomic E-state index is -0.993. The maximum atomic E-state index is 11.8. The minimum absolute atomic E-state index is 0.194. The molecule has 0 saturated carbocycles. The summed E-state index contributed by atoms with van der Waals surface area (Å²) in [6.07, 6.45) is -1.93. The van der Waals surface area contributed by atoms with Crippen molar-refractivity contribution in [1.82, 2.24) is 0 Å². The minimum Gasteiger partial charge on any atom is -0.497 e. The first kappa shape index (κ1) is 17.8. The summed E-state index contributed by atoms with van der Waals surface area (Å²) >= 11 is 0. The molecular weight excluding hydrogens is 288 g/mol. The molecule has 0 spiro atoms. The van der Waals surface area contributed by atoms with Gasteiger partial charge in [-0.3, -0.25) is 4.79 Å². The monoisotopic (exact) mass is 310 g/mol. The van der Waals surface area contributed by atoms with Gasteiger partial charge in [-0.25, -0.2) is 4.79 Å². The van der Waals surface area contributed by atoms with Crippen molar-refractivity contribution in [3.63, 3.8) is 0 Å². The van der Waals surface area contributed by atoms with Gasteiger partial charge in [-0.2, -0.15) is 0 Å². The second kappa shape index (κ2) is 8.26. The van der Waals surface area contributed by atoms with Gasteiger partial charge in [0.1, 0.15) is 11.5 Å². The molecule has 1 aromatic carbocycles. The molecule has 6 heteroatoms. The van der Waals surface area contributed by atoms with Gasteiger partial charge in [0.15, 0.2) is 0 Å². The summed E-state index contributed by atoms with van der Waals surface area (Å²) in [4.78, 5) is 23.4. The van der Waals surface area contributed by atoms with E-state index in [2.05, 4.69) is 0 Å². The molecule has 0 bridgehead atoms. The highest BCUT2D eigenvalue weighted by molar-refractivity contribution is 5.72. The molecule has 122 valence electrons. The molecule has 0 heterocycles. The Balaban J connectivity index is 2.65. The van der Waals surface area contributed by atoms with Crippen LogP contribution in [0.5, 0.6) is 11.5 Å². The van der Waals surface area contributed by atoms with Crippen molar-refractivity contribution in [2.75, 3.05) is 7.11 Å². The van der Waals surface area contributed by atoms with Crippen molar-refractivity contribution in [3.05, 3.63) is 24.3 Å². The third-order valence-corrected chi connectivity index (χ3v) is 2.70. The average Bonchev–Trinajstić information content (AvgIpc) is 2.46. The van der Waals surface area contributed by atoms with Gasteiger partial charge in [-0.05, 0) is 12.1 Å². The third-order valence-electron chi connectivity index (χ3n) is 2.70. The van der Waals surface area contributed by atoms with Gasteiger partial charge in [0, 0.05) is 12.0 Å². The fraction of sp³-hybridized carbons (Fsp3) is 0.500. The maximum Gasteiger partial charge on any atom is 0.516 e. The number of hydrogen-bond acceptors (Lipinski definition) is 6. The molecule has 22 heavy (non-hydrogen) atoms. The van der Waals surface area contributed by atoms with E-state index in [9.17, 15) is 9.59 Å². The zero-order valence-corrected chi connectivity index (χ0v) is 13.5. The summed E-state index contributed by atoms with van der Waals surface area (Å²) in [5.41, 5.74) is 0. The highest BCUT2D eigenvalue weighted by Crippen LogP contribution is 2.20. The molecule has 1 aromatic rings. The van der Waals surface area contributed by atoms with Crippen LogP contribution in [0.25, 0.3) is 0 Å². The van der Waals surface area contributed by atoms with Crippen LogP contribution in [-0.4, -0.2) is 25.5 Å². The summed E-state index contributed by atoms with van der Waals surface area (Å²) in [5, 5.41) is 0. The van der Waals surface area contributed by atoms with Crippen LogP contribution in [0.4, 0.5) is 4.79 Å². The lowest BCUT2D eigenvalue weighted by Gasteiger charge is -2.21. The quantitative estimate of drug-likeness (QED) is 0.455. The summed E-state index contributed by atoms with van der Waals surface area (Å²) in [5.74, 6) is -0.105. The number of methoxy groups -OCH3 is 1. The summed E-state index contributed by atoms with van der Waals surface area (Å²) in [6, 6.07) is 6.54. The Labute approximate surface area is 130 Å². The van der Waals surface area contributed by atoms with Crippen molar-refractivity contribution < 1.29 is 28.5 Å². The molecule has 0 aromatic heterocycles. The van der Waals surface area contributed by atoms with E-state index in [1.54, 1.807) is 52.0 Å². The van der Waals surface area contributed by atoms with Gasteiger partial charge in [0.2, 0.25) is 0 Å². The summed E-state index contributed by atoms with van der Waals surface area (Å²) < 4.78 is 20.3. The van der Waals surface area contributed by atoms with Crippen molar-refractivity contribution >= 4 is 12.1 Å². The van der Waals surface area contributed by atoms with E-state index in [1.165, 1.54) is 7.11 Å². The Morgan fingerprint density at radius 2 is 1.64 bits per heavy atom. The van der Waals surface area contributed by atoms with E-state index in [1.807, 2.05) is 0 Å². The molecule has 0 unspecified atom stereocenters. The number of rotatable bonds is 6. The lowest BCUT2D eigenvalue weighted by molar-refractivity contribution is -0.180. The summed E-state index contributed by atoms with van der Waals surface area (Å²) in [6.45, 7) is 6.96. The van der Waals surface area contributed by atoms with Crippen LogP contribution >= 0.6 is 0 Å². The van der Waals surface area contributed by atoms with Crippen LogP contribution in [0.15, 0.2) is 24.3 Å². The standard InChI is InChI=1S/C16H22O6/c1-10(2)14(17)21-15(11(3)4)22-16(18)20-13-8-6-7-12(9-13)19-5/h6-11,15H,1-5H3/t15-/m0/s1. The molecule has 0 aliphatic carbocycles. The Morgan fingerprint density at radius 1 is 1.00 bits per heavy atom. The second-order valence-electron chi connectivity index (χ2n) is 5.35. The van der Waals surface area contributed by atoms with Gasteiger partial charge in [0.25, 0.3) is 6.29 Å². The Morgan fingerprint density at radius 3 is 2.18 bits per heavy atom. The van der Waals surface area contributed by atoms with Gasteiger partial charge in [0.05, 0.1) is 13.0 Å². The van der Waals surface area contributed by atoms with E-state index in [4.69, 9.17) is 18.9 Å². The van der Waals surface area contributed by atoms with Gasteiger partial charge in [-0.15, -0.1) is 0 Å². The normalized spacial score (nSPS) is 12.0. The van der Waals surface area contributed by atoms with Crippen LogP contribution in [0.3, 0.4) is 0 Å². The van der Waals surface area contributed by atoms with Crippen molar-refractivity contribution in [2.45, 2.75) is 34.0 Å². The fourth-order valence-corrected chi connectivity index (χ4v) is 1.43. The van der Waals surface area contributed by atoms with Crippen LogP contribution in [-0.2, 0) is 14.3 Å². The Hall–Kier alpha value is -2.24. The van der Waals surface area contributed by atoms with Gasteiger partial charge >= 0.3 is 12.1 Å². The molecule has 0 fully saturated rings. The largest absolute Gasteiger partial charge is 0.516 e. The highest BCUT2D eigenvalue weighted by atomic mass is 16.8. The molecule has 0 N–H and O–H groups in total. The van der Waals surface area contributed by atoms with Crippen LogP contribution in [0, 0.1) is 11.8 Å². The van der Waals surface area contributed by atoms with Crippen molar-refractivity contribution in [2.24, 2.45) is 11.8 Å². The van der Waals surface area contributed by atoms with E-state index < -0.39 is 18.4 Å². The number of ether oxygens (including phenoxy) is 4. The lowest BCUT2D eigenvalue weighted by Crippen LogP contribution is -2.32. The maximum absolute atomic E-state index is 11.8. The van der Waals surface area contributed by atoms with Crippen LogP contribution in [0.2, 0.25) is 0 Å². The molecule has 0 aliphatic rings. The number of carbonyl (C=O) groups is 2. The predicted molar refractivity (Wildman–Crippen MR) is 79.7 cm³/mol. The molecule has 6 nitrogen and oxygen atoms in total. The number of benzene rings is 1. The zero-order chi connectivity index (χ0) is 16.7. The predicted octanol–water partition coefficient (Wildman–Crippen LogP) is 3.39. The van der Waals surface area contributed by atoms with Gasteiger partial charge in [-0.1, -0.05) is 33.8 Å². The second-order valence-corrected chi connectivity index (χ2v) is 5.35. The first-order chi connectivity index (χ1) is 10.3. The van der Waals surface area contributed by atoms with E-state index in [-0.39, 0.29) is 17.6 Å². The van der Waals surface area contributed by atoms with Crippen LogP contribution in [0.1, 0.15) is 27.7 Å². The number of carbonyl (C=O) groups excluding carboxylic acids is 2. The fourth-order valence-electron chi connectivity index (χ4n) is 1.43. The highest BCUT2D eigenvalue weighted by Gasteiger charge is 2.25. The number of esters is 1. The van der Waals surface area contributed by atoms with Crippen molar-refractivity contribution in [3.8, 4) is 11.5 Å². The topological polar surface area (TPSA) is 71.1 Å². The van der Waals surface area contributed by atoms with Crippen molar-refractivity contribution in [1.29, 1.82) is 0 Å². The molecular formula is C16H22O6.